The number of anilines is 2. The van der Waals surface area contributed by atoms with E-state index in [1.807, 2.05) is 0 Å². The fourth-order valence-electron chi connectivity index (χ4n) is 11.8. The summed E-state index contributed by atoms with van der Waals surface area (Å²) in [6.07, 6.45) is 7.69. The van der Waals surface area contributed by atoms with Gasteiger partial charge in [-0.2, -0.15) is 0 Å². The van der Waals surface area contributed by atoms with Crippen LogP contribution in [0.2, 0.25) is 0 Å². The summed E-state index contributed by atoms with van der Waals surface area (Å²) in [6, 6.07) is 84.3. The van der Waals surface area contributed by atoms with Gasteiger partial charge in [0.15, 0.2) is 0 Å². The van der Waals surface area contributed by atoms with E-state index in [0.29, 0.717) is 0 Å². The topological polar surface area (TPSA) is 16.4 Å². The number of benzene rings is 9. The molecule has 3 aliphatic rings. The Morgan fingerprint density at radius 1 is 0.400 bits per heavy atom. The summed E-state index contributed by atoms with van der Waals surface area (Å²) in [4.78, 5) is 2.43. The second-order valence-electron chi connectivity index (χ2n) is 17.5. The zero-order chi connectivity index (χ0) is 43.0. The average Bonchev–Trinajstić information content (AvgIpc) is 3.93. The van der Waals surface area contributed by atoms with Gasteiger partial charge in [-0.25, -0.2) is 0 Å². The maximum Gasteiger partial charge on any atom is 0.140 e. The minimum atomic E-state index is -0.573. The Kier molecular flexibility index (Phi) is 8.44. The monoisotopic (exact) mass is 829 g/mol. The summed E-state index contributed by atoms with van der Waals surface area (Å²) >= 11 is 0. The van der Waals surface area contributed by atoms with Crippen LogP contribution in [0.3, 0.4) is 0 Å². The predicted octanol–water partition coefficient (Wildman–Crippen LogP) is 15.7. The normalized spacial score (nSPS) is 15.2. The number of rotatable bonds is 7. The van der Waals surface area contributed by atoms with Gasteiger partial charge in [-0.1, -0.05) is 212 Å². The molecule has 0 amide bonds. The zero-order valence-corrected chi connectivity index (χ0v) is 35.7. The number of fused-ring (bicyclic) bond motifs is 8. The minimum Gasteiger partial charge on any atom is -0.456 e. The van der Waals surface area contributed by atoms with Crippen LogP contribution in [0.4, 0.5) is 11.4 Å². The van der Waals surface area contributed by atoms with E-state index >= 15 is 0 Å². The molecule has 1 aromatic heterocycles. The van der Waals surface area contributed by atoms with Crippen molar-refractivity contribution in [2.24, 2.45) is 0 Å². The number of furan rings is 1. The quantitative estimate of drug-likeness (QED) is 0.159. The van der Waals surface area contributed by atoms with E-state index in [1.54, 1.807) is 0 Å². The SMILES string of the molecule is C1=CC2=C(CC(N(c3ccccc3)c3ccc4c(c3)oc3c(C5(c6ccccc6)c6ccccc6-c6ccccc65)cccc34)=C1)c1ccccc1C2(c1ccccc1)c1ccccc1. The summed E-state index contributed by atoms with van der Waals surface area (Å²) in [7, 11) is 0. The third kappa shape index (κ3) is 5.35. The van der Waals surface area contributed by atoms with E-state index in [9.17, 15) is 0 Å². The van der Waals surface area contributed by atoms with E-state index in [1.165, 1.54) is 66.9 Å². The Morgan fingerprint density at radius 3 is 1.52 bits per heavy atom. The molecule has 0 saturated heterocycles. The van der Waals surface area contributed by atoms with E-state index in [4.69, 9.17) is 4.42 Å². The molecule has 65 heavy (non-hydrogen) atoms. The second-order valence-corrected chi connectivity index (χ2v) is 17.5. The lowest BCUT2D eigenvalue weighted by molar-refractivity contribution is 0.648. The summed E-state index contributed by atoms with van der Waals surface area (Å²) in [5.41, 5.74) is 19.3. The molecule has 0 spiro atoms. The predicted molar refractivity (Wildman–Crippen MR) is 268 cm³/mol. The molecule has 0 fully saturated rings. The molecule has 1 heterocycles. The van der Waals surface area contributed by atoms with Gasteiger partial charge in [0.2, 0.25) is 0 Å². The third-order valence-corrected chi connectivity index (χ3v) is 14.3. The van der Waals surface area contributed by atoms with Crippen LogP contribution in [0, 0.1) is 0 Å². The van der Waals surface area contributed by atoms with Crippen molar-refractivity contribution in [3.8, 4) is 11.1 Å². The van der Waals surface area contributed by atoms with Crippen LogP contribution in [0.25, 0.3) is 38.6 Å². The molecule has 0 radical (unpaired) electrons. The van der Waals surface area contributed by atoms with Gasteiger partial charge in [0.25, 0.3) is 0 Å². The van der Waals surface area contributed by atoms with Crippen LogP contribution in [0.5, 0.6) is 0 Å². The van der Waals surface area contributed by atoms with Gasteiger partial charge in [0.1, 0.15) is 11.2 Å². The van der Waals surface area contributed by atoms with E-state index < -0.39 is 10.8 Å². The zero-order valence-electron chi connectivity index (χ0n) is 35.7. The molecule has 3 aliphatic carbocycles. The maximum absolute atomic E-state index is 7.28. The second kappa shape index (κ2) is 14.7. The first kappa shape index (κ1) is 37.4. The number of hydrogen-bond donors (Lipinski definition) is 0. The lowest BCUT2D eigenvalue weighted by Crippen LogP contribution is -2.29. The average molecular weight is 830 g/mol. The molecule has 10 aromatic rings. The van der Waals surface area contributed by atoms with Gasteiger partial charge in [-0.15, -0.1) is 0 Å². The number of allylic oxidation sites excluding steroid dienone is 5. The van der Waals surface area contributed by atoms with Crippen molar-refractivity contribution in [2.75, 3.05) is 4.90 Å². The number of hydrogen-bond acceptors (Lipinski definition) is 2. The largest absolute Gasteiger partial charge is 0.456 e. The van der Waals surface area contributed by atoms with Gasteiger partial charge in [0.05, 0.1) is 10.8 Å². The van der Waals surface area contributed by atoms with Crippen LogP contribution < -0.4 is 4.90 Å². The molecule has 13 rings (SSSR count). The molecular formula is C63H43NO. The number of nitrogens with zero attached hydrogens (tertiary/aromatic N) is 1. The maximum atomic E-state index is 7.28. The van der Waals surface area contributed by atoms with Gasteiger partial charge in [-0.3, -0.25) is 0 Å². The highest BCUT2D eigenvalue weighted by Gasteiger charge is 2.49. The first-order chi connectivity index (χ1) is 32.3. The van der Waals surface area contributed by atoms with E-state index in [2.05, 4.69) is 254 Å². The van der Waals surface area contributed by atoms with Crippen LogP contribution in [-0.2, 0) is 10.8 Å². The Bertz CT molecular complexity index is 3470. The smallest absolute Gasteiger partial charge is 0.140 e. The van der Waals surface area contributed by atoms with Gasteiger partial charge in [0, 0.05) is 45.9 Å². The summed E-state index contributed by atoms with van der Waals surface area (Å²) in [5, 5.41) is 2.21. The summed E-state index contributed by atoms with van der Waals surface area (Å²) < 4.78 is 7.28. The van der Waals surface area contributed by atoms with E-state index in [-0.39, 0.29) is 0 Å². The van der Waals surface area contributed by atoms with Crippen LogP contribution in [0.1, 0.15) is 50.9 Å². The standard InChI is InChI=1S/C63H43NO/c1-5-21-43(22-6-1)62(44-23-7-2-8-24-44)55-34-16-15-32-51(55)54-41-47(29-19-37-58(54)62)64(46-27-11-4-12-28-46)48-39-40-52-53-33-20-38-59(61(53)65-60(52)42-48)63(45-25-9-3-10-26-45)56-35-17-13-30-49(56)50-31-14-18-36-57(50)63/h1-40,42H,41H2. The van der Waals surface area contributed by atoms with Gasteiger partial charge >= 0.3 is 0 Å². The van der Waals surface area contributed by atoms with Crippen LogP contribution >= 0.6 is 0 Å². The van der Waals surface area contributed by atoms with Crippen molar-refractivity contribution < 1.29 is 4.42 Å². The number of para-hydroxylation sites is 2. The molecule has 9 aromatic carbocycles. The molecule has 2 heteroatoms. The summed E-state index contributed by atoms with van der Waals surface area (Å²) in [6.45, 7) is 0. The molecule has 0 aliphatic heterocycles. The lowest BCUT2D eigenvalue weighted by atomic mass is 9.67. The first-order valence-electron chi connectivity index (χ1n) is 22.6. The van der Waals surface area contributed by atoms with Gasteiger partial charge < -0.3 is 9.32 Å². The Hall–Kier alpha value is -8.20. The lowest BCUT2D eigenvalue weighted by Gasteiger charge is -2.34. The van der Waals surface area contributed by atoms with Crippen molar-refractivity contribution in [3.63, 3.8) is 0 Å². The molecule has 2 nitrogen and oxygen atoms in total. The molecule has 0 atom stereocenters. The highest BCUT2D eigenvalue weighted by atomic mass is 16.3. The third-order valence-electron chi connectivity index (χ3n) is 14.3. The van der Waals surface area contributed by atoms with Crippen molar-refractivity contribution in [1.82, 2.24) is 0 Å². The Labute approximate surface area is 379 Å². The Morgan fingerprint density at radius 2 is 0.908 bits per heavy atom. The fourth-order valence-corrected chi connectivity index (χ4v) is 11.8. The molecule has 306 valence electrons. The molecule has 0 saturated carbocycles. The highest BCUT2D eigenvalue weighted by molar-refractivity contribution is 6.08. The fraction of sp³-hybridized carbons (Fsp3) is 0.0476. The van der Waals surface area contributed by atoms with Gasteiger partial charge in [-0.05, 0) is 91.6 Å². The molecular weight excluding hydrogens is 787 g/mol. The Balaban J connectivity index is 0.994. The van der Waals surface area contributed by atoms with Crippen LogP contribution in [0.15, 0.2) is 264 Å². The minimum absolute atomic E-state index is 0.464. The van der Waals surface area contributed by atoms with Crippen molar-refractivity contribution in [2.45, 2.75) is 17.3 Å². The van der Waals surface area contributed by atoms with Crippen LogP contribution in [-0.4, -0.2) is 0 Å². The molecule has 0 bridgehead atoms. The van der Waals surface area contributed by atoms with E-state index in [0.717, 1.165) is 45.3 Å². The van der Waals surface area contributed by atoms with Crippen molar-refractivity contribution in [3.05, 3.63) is 305 Å². The summed E-state index contributed by atoms with van der Waals surface area (Å²) in [5.74, 6) is 0. The molecule has 0 N–H and O–H groups in total. The highest BCUT2D eigenvalue weighted by Crippen LogP contribution is 2.59. The first-order valence-corrected chi connectivity index (χ1v) is 22.6. The molecule has 0 unspecified atom stereocenters. The van der Waals surface area contributed by atoms with Crippen molar-refractivity contribution in [1.29, 1.82) is 0 Å². The van der Waals surface area contributed by atoms with Crippen molar-refractivity contribution >= 4 is 38.9 Å².